The van der Waals surface area contributed by atoms with Gasteiger partial charge in [0, 0.05) is 30.1 Å². The minimum Gasteiger partial charge on any atom is -0.618 e. The average molecular weight is 573 g/mol. The van der Waals surface area contributed by atoms with Crippen LogP contribution < -0.4 is 19.5 Å². The first-order chi connectivity index (χ1) is 19.1. The minimum atomic E-state index is -4.29. The van der Waals surface area contributed by atoms with Crippen LogP contribution in [0.15, 0.2) is 58.1 Å². The molecular formula is C26H28N4O9S. The molecule has 212 valence electrons. The molecule has 4 heterocycles. The summed E-state index contributed by atoms with van der Waals surface area (Å²) >= 11 is 0. The molecule has 2 aliphatic rings. The molecule has 0 spiro atoms. The Morgan fingerprint density at radius 1 is 1.25 bits per heavy atom. The number of ether oxygens (including phenoxy) is 2. The lowest BCUT2D eigenvalue weighted by Gasteiger charge is -2.27. The molecule has 5 rings (SSSR count). The number of furan rings is 1. The van der Waals surface area contributed by atoms with E-state index in [0.29, 0.717) is 23.1 Å². The normalized spacial score (nSPS) is 19.9. The Hall–Kier alpha value is -4.17. The fourth-order valence-corrected chi connectivity index (χ4v) is 6.91. The topological polar surface area (TPSA) is 162 Å². The number of likely N-dealkylation sites (tertiary alicyclic amines) is 1. The molecule has 3 atom stereocenters. The van der Waals surface area contributed by atoms with Gasteiger partial charge in [-0.15, -0.1) is 0 Å². The molecule has 1 N–H and O–H groups in total. The van der Waals surface area contributed by atoms with Gasteiger partial charge in [0.15, 0.2) is 12.0 Å². The third-order valence-corrected chi connectivity index (χ3v) is 8.95. The second kappa shape index (κ2) is 10.8. The summed E-state index contributed by atoms with van der Waals surface area (Å²) in [7, 11) is -2.76. The number of Topliss-reactive ketones (excluding diaryl/α,β-unsaturated/α-hetero) is 1. The molecule has 2 amide bonds. The number of nitrogens with zero attached hydrogens (tertiary/aromatic N) is 3. The highest BCUT2D eigenvalue weighted by atomic mass is 32.2. The molecule has 0 bridgehead atoms. The monoisotopic (exact) mass is 572 g/mol. The Morgan fingerprint density at radius 2 is 2.05 bits per heavy atom. The second-order valence-corrected chi connectivity index (χ2v) is 11.4. The largest absolute Gasteiger partial charge is 0.618 e. The molecule has 1 aromatic carbocycles. The molecule has 2 saturated heterocycles. The lowest BCUT2D eigenvalue weighted by molar-refractivity contribution is -0.646. The molecule has 0 radical (unpaired) electrons. The van der Waals surface area contributed by atoms with Crippen molar-refractivity contribution < 1.29 is 41.4 Å². The fourth-order valence-electron chi connectivity index (χ4n) is 5.26. The number of aromatic nitrogens is 1. The summed E-state index contributed by atoms with van der Waals surface area (Å²) in [5.74, 6) is -0.450. The molecule has 2 aliphatic heterocycles. The number of rotatable bonds is 8. The van der Waals surface area contributed by atoms with E-state index in [1.54, 1.807) is 18.2 Å². The van der Waals surface area contributed by atoms with Gasteiger partial charge in [-0.05, 0) is 37.1 Å². The van der Waals surface area contributed by atoms with Gasteiger partial charge in [-0.1, -0.05) is 13.3 Å². The first-order valence-electron chi connectivity index (χ1n) is 12.7. The van der Waals surface area contributed by atoms with Crippen LogP contribution in [-0.2, 0) is 19.6 Å². The Labute approximate surface area is 229 Å². The van der Waals surface area contributed by atoms with Crippen molar-refractivity contribution in [1.29, 1.82) is 0 Å². The minimum absolute atomic E-state index is 0.0759. The van der Waals surface area contributed by atoms with E-state index in [0.717, 1.165) is 10.5 Å². The number of amides is 2. The van der Waals surface area contributed by atoms with Crippen molar-refractivity contribution in [2.24, 2.45) is 0 Å². The van der Waals surface area contributed by atoms with E-state index in [9.17, 15) is 28.0 Å². The number of nitrogens with one attached hydrogen (secondary N) is 1. The van der Waals surface area contributed by atoms with Crippen LogP contribution in [-0.4, -0.2) is 73.7 Å². The molecule has 3 aromatic rings. The summed E-state index contributed by atoms with van der Waals surface area (Å²) in [6.45, 7) is 1.49. The van der Waals surface area contributed by atoms with Gasteiger partial charge in [0.1, 0.15) is 23.4 Å². The van der Waals surface area contributed by atoms with E-state index in [4.69, 9.17) is 13.9 Å². The number of fused-ring (bicyclic) bond motifs is 2. The predicted octanol–water partition coefficient (Wildman–Crippen LogP) is 1.57. The van der Waals surface area contributed by atoms with Gasteiger partial charge in [-0.3, -0.25) is 9.59 Å². The van der Waals surface area contributed by atoms with E-state index < -0.39 is 57.5 Å². The summed E-state index contributed by atoms with van der Waals surface area (Å²) in [5, 5.41) is 14.9. The first kappa shape index (κ1) is 27.4. The Kier molecular flexibility index (Phi) is 7.38. The van der Waals surface area contributed by atoms with Crippen LogP contribution in [0.25, 0.3) is 11.0 Å². The van der Waals surface area contributed by atoms with Gasteiger partial charge in [-0.2, -0.15) is 9.04 Å². The highest BCUT2D eigenvalue weighted by Gasteiger charge is 2.55. The van der Waals surface area contributed by atoms with Crippen molar-refractivity contribution in [2.45, 2.75) is 49.3 Å². The molecule has 3 unspecified atom stereocenters. The summed E-state index contributed by atoms with van der Waals surface area (Å²) in [6.07, 6.45) is 1.15. The van der Waals surface area contributed by atoms with Crippen LogP contribution >= 0.6 is 0 Å². The summed E-state index contributed by atoms with van der Waals surface area (Å²) < 4.78 is 43.7. The fraction of sp³-hybridized carbons (Fsp3) is 0.385. The van der Waals surface area contributed by atoms with Crippen LogP contribution in [0, 0.1) is 5.21 Å². The zero-order chi connectivity index (χ0) is 28.6. The number of carbonyl (C=O) groups is 3. The van der Waals surface area contributed by atoms with Gasteiger partial charge < -0.3 is 29.3 Å². The van der Waals surface area contributed by atoms with Gasteiger partial charge in [-0.25, -0.2) is 13.2 Å². The van der Waals surface area contributed by atoms with E-state index in [1.807, 2.05) is 6.92 Å². The number of hydrogen-bond donors (Lipinski definition) is 1. The third kappa shape index (κ3) is 4.95. The van der Waals surface area contributed by atoms with E-state index in [1.165, 1.54) is 36.3 Å². The van der Waals surface area contributed by atoms with Gasteiger partial charge in [0.05, 0.1) is 19.7 Å². The van der Waals surface area contributed by atoms with Crippen LogP contribution in [0.1, 0.15) is 26.2 Å². The van der Waals surface area contributed by atoms with Gasteiger partial charge in [0.2, 0.25) is 5.91 Å². The quantitative estimate of drug-likeness (QED) is 0.312. The van der Waals surface area contributed by atoms with Crippen LogP contribution in [0.4, 0.5) is 4.79 Å². The summed E-state index contributed by atoms with van der Waals surface area (Å²) in [6, 6.07) is 7.74. The lowest BCUT2D eigenvalue weighted by atomic mass is 10.1. The smallest absolute Gasteiger partial charge is 0.415 e. The molecule has 14 heteroatoms. The molecule has 13 nitrogen and oxygen atoms in total. The van der Waals surface area contributed by atoms with Crippen LogP contribution in [0.5, 0.6) is 11.7 Å². The molecule has 40 heavy (non-hydrogen) atoms. The van der Waals surface area contributed by atoms with E-state index in [2.05, 4.69) is 5.32 Å². The maximum Gasteiger partial charge on any atom is 0.415 e. The zero-order valence-electron chi connectivity index (χ0n) is 21.8. The third-order valence-electron chi connectivity index (χ3n) is 7.08. The molecule has 2 fully saturated rings. The molecule has 2 aromatic heterocycles. The van der Waals surface area contributed by atoms with Crippen molar-refractivity contribution in [3.05, 3.63) is 53.9 Å². The number of pyridine rings is 1. The number of hydrogen-bond acceptors (Lipinski definition) is 9. The lowest BCUT2D eigenvalue weighted by Crippen LogP contribution is -2.53. The van der Waals surface area contributed by atoms with Crippen molar-refractivity contribution >= 4 is 38.8 Å². The standard InChI is InChI=1S/C26H28N4O9S/c1-3-6-18(27-26(33)39-23-14-16-13-17(37-2)8-9-21(16)38-23)25(32)28-12-10-19-24(28)20(31)15-30(19)40(35,36)22-7-4-5-11-29(22)34/h4-5,7-9,11,13-14,18-19,24H,3,6,10,12,15H2,1-2H3,(H,27,33). The number of carbonyl (C=O) groups excluding carboxylic acids is 3. The molecule has 0 aliphatic carbocycles. The van der Waals surface area contributed by atoms with Gasteiger partial charge in [0.25, 0.3) is 5.95 Å². The van der Waals surface area contributed by atoms with Crippen molar-refractivity contribution in [2.75, 3.05) is 20.2 Å². The first-order valence-corrected chi connectivity index (χ1v) is 14.2. The average Bonchev–Trinajstić information content (AvgIpc) is 3.62. The Balaban J connectivity index is 1.30. The number of ketones is 1. The number of sulfonamides is 1. The van der Waals surface area contributed by atoms with Crippen molar-refractivity contribution in [3.8, 4) is 11.7 Å². The van der Waals surface area contributed by atoms with E-state index in [-0.39, 0.29) is 30.1 Å². The SMILES string of the molecule is CCCC(NC(=O)Oc1cc2cc(OC)ccc2o1)C(=O)N1CCC2C1C(=O)CN2S(=O)(=O)c1cccc[n+]1[O-]. The summed E-state index contributed by atoms with van der Waals surface area (Å²) in [4.78, 5) is 40.6. The second-order valence-electron chi connectivity index (χ2n) is 9.56. The van der Waals surface area contributed by atoms with Crippen LogP contribution in [0.2, 0.25) is 0 Å². The Morgan fingerprint density at radius 3 is 2.77 bits per heavy atom. The highest BCUT2D eigenvalue weighted by Crippen LogP contribution is 2.34. The van der Waals surface area contributed by atoms with E-state index >= 15 is 0 Å². The summed E-state index contributed by atoms with van der Waals surface area (Å²) in [5.41, 5.74) is 0.477. The van der Waals surface area contributed by atoms with Crippen molar-refractivity contribution in [3.63, 3.8) is 0 Å². The maximum absolute atomic E-state index is 13.5. The molecule has 0 saturated carbocycles. The maximum atomic E-state index is 13.5. The van der Waals surface area contributed by atoms with Gasteiger partial charge >= 0.3 is 21.1 Å². The highest BCUT2D eigenvalue weighted by molar-refractivity contribution is 7.89. The predicted molar refractivity (Wildman–Crippen MR) is 139 cm³/mol. The molecular weight excluding hydrogens is 544 g/mol. The Bertz CT molecular complexity index is 1570. The van der Waals surface area contributed by atoms with Crippen molar-refractivity contribution in [1.82, 2.24) is 14.5 Å². The number of methoxy groups -OCH3 is 1. The zero-order valence-corrected chi connectivity index (χ0v) is 22.6. The van der Waals surface area contributed by atoms with Crippen LogP contribution in [0.3, 0.4) is 0 Å². The number of benzene rings is 1.